The number of aliphatic imine (C=N–C) groups is 1. The predicted molar refractivity (Wildman–Crippen MR) is 121 cm³/mol. The highest BCUT2D eigenvalue weighted by atomic mass is 35.5. The molecule has 0 aromatic heterocycles. The van der Waals surface area contributed by atoms with Crippen molar-refractivity contribution in [3.05, 3.63) is 58.1 Å². The quantitative estimate of drug-likeness (QED) is 0.480. The lowest BCUT2D eigenvalue weighted by Crippen LogP contribution is -2.38. The molecule has 1 fully saturated rings. The van der Waals surface area contributed by atoms with Crippen LogP contribution in [0.4, 0.5) is 11.4 Å². The number of rotatable bonds is 5. The minimum atomic E-state index is -0.325. The van der Waals surface area contributed by atoms with Gasteiger partial charge in [-0.1, -0.05) is 41.4 Å². The fourth-order valence-corrected chi connectivity index (χ4v) is 4.03. The van der Waals surface area contributed by atoms with Crippen molar-refractivity contribution in [3.63, 3.8) is 0 Å². The summed E-state index contributed by atoms with van der Waals surface area (Å²) in [7, 11) is 0. The smallest absolute Gasteiger partial charge is 0.271 e. The molecule has 1 saturated heterocycles. The highest BCUT2D eigenvalue weighted by Gasteiger charge is 2.30. The molecule has 0 bridgehead atoms. The van der Waals surface area contributed by atoms with Gasteiger partial charge in [0.15, 0.2) is 5.96 Å². The highest BCUT2D eigenvalue weighted by Crippen LogP contribution is 2.32. The number of halogens is 2. The van der Waals surface area contributed by atoms with Gasteiger partial charge in [0.05, 0.1) is 15.7 Å². The first-order valence-electron chi connectivity index (χ1n) is 9.54. The Labute approximate surface area is 185 Å². The van der Waals surface area contributed by atoms with Crippen LogP contribution in [0, 0.1) is 0 Å². The molecule has 1 atom stereocenters. The number of benzene rings is 2. The van der Waals surface area contributed by atoms with Gasteiger partial charge in [-0.15, -0.1) is 0 Å². The van der Waals surface area contributed by atoms with E-state index in [0.717, 1.165) is 30.6 Å². The number of nitrogens with two attached hydrogens (primary N) is 1. The van der Waals surface area contributed by atoms with Crippen LogP contribution < -0.4 is 21.3 Å². The van der Waals surface area contributed by atoms with Crippen molar-refractivity contribution in [1.29, 1.82) is 0 Å². The molecular formula is C21H23Cl2N5O2. The maximum Gasteiger partial charge on any atom is 0.271 e. The van der Waals surface area contributed by atoms with Crippen molar-refractivity contribution >= 4 is 52.4 Å². The molecule has 2 aromatic rings. The summed E-state index contributed by atoms with van der Waals surface area (Å²) >= 11 is 12.4. The van der Waals surface area contributed by atoms with Crippen molar-refractivity contribution in [1.82, 2.24) is 5.32 Å². The molecule has 1 heterocycles. The van der Waals surface area contributed by atoms with E-state index in [2.05, 4.69) is 20.5 Å². The van der Waals surface area contributed by atoms with Crippen LogP contribution in [0.1, 0.15) is 25.3 Å². The van der Waals surface area contributed by atoms with Crippen LogP contribution in [0.15, 0.2) is 47.5 Å². The largest absolute Gasteiger partial charge is 0.370 e. The lowest BCUT2D eigenvalue weighted by Gasteiger charge is -2.24. The number of para-hydroxylation sites is 1. The Balaban J connectivity index is 1.64. The second kappa shape index (κ2) is 9.82. The average molecular weight is 448 g/mol. The topological polar surface area (TPSA) is 99.8 Å². The molecule has 2 amide bonds. The summed E-state index contributed by atoms with van der Waals surface area (Å²) in [6, 6.07) is 12.8. The van der Waals surface area contributed by atoms with Crippen LogP contribution in [-0.4, -0.2) is 30.4 Å². The average Bonchev–Trinajstić information content (AvgIpc) is 3.20. The van der Waals surface area contributed by atoms with Gasteiger partial charge in [0.25, 0.3) is 5.91 Å². The summed E-state index contributed by atoms with van der Waals surface area (Å²) in [6.45, 7) is 2.45. The van der Waals surface area contributed by atoms with Gasteiger partial charge < -0.3 is 21.3 Å². The van der Waals surface area contributed by atoms with Gasteiger partial charge in [0.1, 0.15) is 6.04 Å². The van der Waals surface area contributed by atoms with Crippen molar-refractivity contribution in [2.75, 3.05) is 16.8 Å². The highest BCUT2D eigenvalue weighted by molar-refractivity contribution is 6.39. The van der Waals surface area contributed by atoms with E-state index in [0.29, 0.717) is 15.7 Å². The van der Waals surface area contributed by atoms with Gasteiger partial charge in [-0.3, -0.25) is 9.59 Å². The summed E-state index contributed by atoms with van der Waals surface area (Å²) in [5.74, 6) is -0.521. The fourth-order valence-electron chi connectivity index (χ4n) is 3.40. The molecule has 9 heteroatoms. The second-order valence-electron chi connectivity index (χ2n) is 6.99. The Morgan fingerprint density at radius 2 is 1.87 bits per heavy atom. The van der Waals surface area contributed by atoms with Crippen molar-refractivity contribution in [3.8, 4) is 0 Å². The third-order valence-corrected chi connectivity index (χ3v) is 5.33. The minimum absolute atomic E-state index is 0.0260. The number of carbonyl (C=O) groups excluding carboxylic acids is 2. The Kier molecular flexibility index (Phi) is 7.18. The van der Waals surface area contributed by atoms with Crippen LogP contribution in [0.2, 0.25) is 10.0 Å². The van der Waals surface area contributed by atoms with E-state index in [4.69, 9.17) is 28.9 Å². The Hall–Kier alpha value is -2.77. The number of guanidine groups is 1. The zero-order valence-electron chi connectivity index (χ0n) is 16.5. The standard InChI is InChI=1S/C21H23Cl2N5O2/c1-13(29)26-19-16(22)10-14(11-17(19)23)12-25-21(24)27-20(30)18-8-5-9-28(18)15-6-3-2-4-7-15/h2-4,6-7,10-11,18H,5,8-9,12H2,1H3,(H,26,29)(H3,24,25,27,30). The second-order valence-corrected chi connectivity index (χ2v) is 7.81. The van der Waals surface area contributed by atoms with Gasteiger partial charge in [-0.2, -0.15) is 4.99 Å². The van der Waals surface area contributed by atoms with E-state index in [9.17, 15) is 9.59 Å². The van der Waals surface area contributed by atoms with E-state index < -0.39 is 0 Å². The third kappa shape index (κ3) is 5.43. The van der Waals surface area contributed by atoms with E-state index in [1.165, 1.54) is 6.92 Å². The van der Waals surface area contributed by atoms with Gasteiger partial charge in [-0.25, -0.2) is 0 Å². The molecule has 0 saturated carbocycles. The molecule has 7 nitrogen and oxygen atoms in total. The van der Waals surface area contributed by atoms with Crippen molar-refractivity contribution in [2.45, 2.75) is 32.4 Å². The maximum absolute atomic E-state index is 12.7. The normalized spacial score (nSPS) is 16.4. The molecule has 0 radical (unpaired) electrons. The Morgan fingerprint density at radius 3 is 2.50 bits per heavy atom. The molecule has 1 aliphatic heterocycles. The number of amides is 2. The minimum Gasteiger partial charge on any atom is -0.370 e. The molecule has 0 aliphatic carbocycles. The predicted octanol–water partition coefficient (Wildman–Crippen LogP) is 3.55. The van der Waals surface area contributed by atoms with Gasteiger partial charge >= 0.3 is 0 Å². The van der Waals surface area contributed by atoms with Crippen molar-refractivity contribution in [2.24, 2.45) is 10.7 Å². The molecule has 158 valence electrons. The van der Waals surface area contributed by atoms with Crippen LogP contribution in [0.25, 0.3) is 0 Å². The molecular weight excluding hydrogens is 425 g/mol. The van der Waals surface area contributed by atoms with Crippen LogP contribution >= 0.6 is 23.2 Å². The van der Waals surface area contributed by atoms with E-state index in [1.54, 1.807) is 12.1 Å². The number of hydrogen-bond donors (Lipinski definition) is 3. The molecule has 2 aromatic carbocycles. The molecule has 1 unspecified atom stereocenters. The first-order valence-corrected chi connectivity index (χ1v) is 10.3. The molecule has 30 heavy (non-hydrogen) atoms. The summed E-state index contributed by atoms with van der Waals surface area (Å²) in [4.78, 5) is 30.0. The van der Waals surface area contributed by atoms with Crippen LogP contribution in [0.5, 0.6) is 0 Å². The Bertz CT molecular complexity index is 942. The fraction of sp³-hybridized carbons (Fsp3) is 0.286. The first kappa shape index (κ1) is 21.9. The number of carbonyl (C=O) groups is 2. The third-order valence-electron chi connectivity index (χ3n) is 4.73. The zero-order valence-corrected chi connectivity index (χ0v) is 18.0. The number of anilines is 2. The molecule has 1 aliphatic rings. The summed E-state index contributed by atoms with van der Waals surface area (Å²) in [5.41, 5.74) is 8.01. The summed E-state index contributed by atoms with van der Waals surface area (Å²) in [5, 5.41) is 6.12. The van der Waals surface area contributed by atoms with E-state index in [1.807, 2.05) is 30.3 Å². The van der Waals surface area contributed by atoms with E-state index in [-0.39, 0.29) is 30.4 Å². The maximum atomic E-state index is 12.7. The number of nitrogens with one attached hydrogen (secondary N) is 2. The summed E-state index contributed by atoms with van der Waals surface area (Å²) < 4.78 is 0. The molecule has 3 rings (SSSR count). The summed E-state index contributed by atoms with van der Waals surface area (Å²) in [6.07, 6.45) is 1.66. The lowest BCUT2D eigenvalue weighted by molar-refractivity contribution is -0.119. The van der Waals surface area contributed by atoms with Crippen LogP contribution in [-0.2, 0) is 16.1 Å². The lowest BCUT2D eigenvalue weighted by atomic mass is 10.2. The monoisotopic (exact) mass is 447 g/mol. The van der Waals surface area contributed by atoms with Gasteiger partial charge in [-0.05, 0) is 42.7 Å². The zero-order chi connectivity index (χ0) is 21.7. The van der Waals surface area contributed by atoms with Crippen LogP contribution in [0.3, 0.4) is 0 Å². The number of hydrogen-bond acceptors (Lipinski definition) is 3. The number of nitrogens with zero attached hydrogens (tertiary/aromatic N) is 2. The first-order chi connectivity index (χ1) is 14.3. The Morgan fingerprint density at radius 1 is 1.20 bits per heavy atom. The molecule has 0 spiro atoms. The van der Waals surface area contributed by atoms with E-state index >= 15 is 0 Å². The SMILES string of the molecule is CC(=O)Nc1c(Cl)cc(CNC(N)=NC(=O)C2CCCN2c2ccccc2)cc1Cl. The molecule has 4 N–H and O–H groups in total. The van der Waals surface area contributed by atoms with Gasteiger partial charge in [0, 0.05) is 25.7 Å². The van der Waals surface area contributed by atoms with Crippen molar-refractivity contribution < 1.29 is 9.59 Å². The van der Waals surface area contributed by atoms with Gasteiger partial charge in [0.2, 0.25) is 5.91 Å².